The SMILES string of the molecule is Cc1ccc2c(Br)c3ccccc3cc2c1. The summed E-state index contributed by atoms with van der Waals surface area (Å²) in [6.45, 7) is 2.13. The van der Waals surface area contributed by atoms with Gasteiger partial charge in [-0.25, -0.2) is 0 Å². The molecule has 1 heteroatoms. The number of fused-ring (bicyclic) bond motifs is 2. The molecular weight excluding hydrogens is 260 g/mol. The Kier molecular flexibility index (Phi) is 2.22. The van der Waals surface area contributed by atoms with Gasteiger partial charge in [0.2, 0.25) is 0 Å². The molecule has 0 fully saturated rings. The van der Waals surface area contributed by atoms with Gasteiger partial charge in [-0.2, -0.15) is 0 Å². The predicted octanol–water partition coefficient (Wildman–Crippen LogP) is 5.06. The monoisotopic (exact) mass is 270 g/mol. The van der Waals surface area contributed by atoms with Gasteiger partial charge in [-0.05, 0) is 50.5 Å². The van der Waals surface area contributed by atoms with Gasteiger partial charge in [-0.3, -0.25) is 0 Å². The van der Waals surface area contributed by atoms with E-state index in [0.29, 0.717) is 0 Å². The molecule has 0 aliphatic carbocycles. The third-order valence-electron chi connectivity index (χ3n) is 2.95. The van der Waals surface area contributed by atoms with Crippen LogP contribution in [0.25, 0.3) is 21.5 Å². The molecule has 0 aliphatic heterocycles. The number of rotatable bonds is 0. The van der Waals surface area contributed by atoms with E-state index in [9.17, 15) is 0 Å². The molecule has 0 atom stereocenters. The van der Waals surface area contributed by atoms with Crippen LogP contribution in [-0.4, -0.2) is 0 Å². The van der Waals surface area contributed by atoms with E-state index in [-0.39, 0.29) is 0 Å². The fraction of sp³-hybridized carbons (Fsp3) is 0.0667. The molecule has 3 rings (SSSR count). The van der Waals surface area contributed by atoms with Crippen molar-refractivity contribution in [3.05, 3.63) is 58.6 Å². The second kappa shape index (κ2) is 3.60. The standard InChI is InChI=1S/C15H11Br/c1-10-6-7-14-12(8-10)9-11-4-2-3-5-13(11)15(14)16/h2-9H,1H3. The van der Waals surface area contributed by atoms with Crippen LogP contribution in [0.2, 0.25) is 0 Å². The van der Waals surface area contributed by atoms with E-state index in [1.54, 1.807) is 0 Å². The summed E-state index contributed by atoms with van der Waals surface area (Å²) in [7, 11) is 0. The molecule has 0 saturated carbocycles. The van der Waals surface area contributed by atoms with Crippen molar-refractivity contribution in [1.29, 1.82) is 0 Å². The zero-order valence-corrected chi connectivity index (χ0v) is 10.6. The Morgan fingerprint density at radius 1 is 0.812 bits per heavy atom. The van der Waals surface area contributed by atoms with Crippen molar-refractivity contribution in [2.24, 2.45) is 0 Å². The van der Waals surface area contributed by atoms with Gasteiger partial charge in [0.05, 0.1) is 0 Å². The molecule has 0 aromatic heterocycles. The Morgan fingerprint density at radius 2 is 1.56 bits per heavy atom. The lowest BCUT2D eigenvalue weighted by atomic mass is 10.0. The quantitative estimate of drug-likeness (QED) is 0.501. The van der Waals surface area contributed by atoms with Crippen LogP contribution in [-0.2, 0) is 0 Å². The maximum atomic E-state index is 3.71. The first-order chi connectivity index (χ1) is 7.75. The molecule has 0 N–H and O–H groups in total. The minimum absolute atomic E-state index is 1.20. The highest BCUT2D eigenvalue weighted by molar-refractivity contribution is 9.10. The molecule has 0 saturated heterocycles. The van der Waals surface area contributed by atoms with Crippen molar-refractivity contribution < 1.29 is 0 Å². The molecule has 0 spiro atoms. The van der Waals surface area contributed by atoms with E-state index >= 15 is 0 Å². The lowest BCUT2D eigenvalue weighted by Gasteiger charge is -2.06. The van der Waals surface area contributed by atoms with Crippen molar-refractivity contribution in [3.8, 4) is 0 Å². The van der Waals surface area contributed by atoms with Crippen LogP contribution in [0.3, 0.4) is 0 Å². The molecule has 0 bridgehead atoms. The smallest absolute Gasteiger partial charge is 0.0332 e. The molecule has 16 heavy (non-hydrogen) atoms. The molecule has 0 heterocycles. The highest BCUT2D eigenvalue weighted by Gasteiger charge is 2.04. The number of hydrogen-bond acceptors (Lipinski definition) is 0. The van der Waals surface area contributed by atoms with Crippen LogP contribution >= 0.6 is 15.9 Å². The first-order valence-corrected chi connectivity index (χ1v) is 6.12. The Morgan fingerprint density at radius 3 is 2.44 bits per heavy atom. The molecule has 0 aliphatic rings. The Labute approximate surface area is 103 Å². The summed E-state index contributed by atoms with van der Waals surface area (Å²) in [5, 5.41) is 5.14. The molecule has 0 radical (unpaired) electrons. The van der Waals surface area contributed by atoms with Gasteiger partial charge >= 0.3 is 0 Å². The van der Waals surface area contributed by atoms with Crippen LogP contribution in [0.1, 0.15) is 5.56 Å². The number of hydrogen-bond donors (Lipinski definition) is 0. The molecule has 0 unspecified atom stereocenters. The first-order valence-electron chi connectivity index (χ1n) is 5.33. The largest absolute Gasteiger partial charge is 0.0616 e. The fourth-order valence-corrected chi connectivity index (χ4v) is 2.86. The maximum Gasteiger partial charge on any atom is 0.0332 e. The van der Waals surface area contributed by atoms with Gasteiger partial charge in [0.1, 0.15) is 0 Å². The Bertz CT molecular complexity index is 683. The highest BCUT2D eigenvalue weighted by Crippen LogP contribution is 2.32. The van der Waals surface area contributed by atoms with Gasteiger partial charge in [0, 0.05) is 4.47 Å². The van der Waals surface area contributed by atoms with E-state index in [0.717, 1.165) is 0 Å². The zero-order valence-electron chi connectivity index (χ0n) is 9.00. The van der Waals surface area contributed by atoms with Crippen LogP contribution in [0.5, 0.6) is 0 Å². The topological polar surface area (TPSA) is 0 Å². The predicted molar refractivity (Wildman–Crippen MR) is 73.9 cm³/mol. The van der Waals surface area contributed by atoms with E-state index in [2.05, 4.69) is 71.4 Å². The summed E-state index contributed by atoms with van der Waals surface area (Å²) >= 11 is 3.71. The third kappa shape index (κ3) is 1.43. The molecule has 78 valence electrons. The van der Waals surface area contributed by atoms with Gasteiger partial charge in [-0.15, -0.1) is 0 Å². The second-order valence-corrected chi connectivity index (χ2v) is 4.93. The summed E-state index contributed by atoms with van der Waals surface area (Å²) in [5.41, 5.74) is 1.30. The van der Waals surface area contributed by atoms with Crippen LogP contribution in [0.15, 0.2) is 53.0 Å². The van der Waals surface area contributed by atoms with Crippen molar-refractivity contribution in [2.75, 3.05) is 0 Å². The molecule has 3 aromatic rings. The molecule has 0 nitrogen and oxygen atoms in total. The van der Waals surface area contributed by atoms with Crippen molar-refractivity contribution in [3.63, 3.8) is 0 Å². The minimum Gasteiger partial charge on any atom is -0.0616 e. The van der Waals surface area contributed by atoms with Crippen molar-refractivity contribution in [2.45, 2.75) is 6.92 Å². The number of halogens is 1. The maximum absolute atomic E-state index is 3.71. The summed E-state index contributed by atoms with van der Waals surface area (Å²) in [6, 6.07) is 17.3. The van der Waals surface area contributed by atoms with Gasteiger partial charge < -0.3 is 0 Å². The van der Waals surface area contributed by atoms with E-state index in [1.807, 2.05) is 0 Å². The lowest BCUT2D eigenvalue weighted by molar-refractivity contribution is 1.51. The summed E-state index contributed by atoms with van der Waals surface area (Å²) in [5.74, 6) is 0. The first kappa shape index (κ1) is 9.86. The molecular formula is C15H11Br. The summed E-state index contributed by atoms with van der Waals surface area (Å²) < 4.78 is 1.20. The number of aryl methyl sites for hydroxylation is 1. The lowest BCUT2D eigenvalue weighted by Crippen LogP contribution is -1.80. The van der Waals surface area contributed by atoms with Gasteiger partial charge in [0.15, 0.2) is 0 Å². The number of benzene rings is 3. The molecule has 0 amide bonds. The normalized spacial score (nSPS) is 11.1. The average molecular weight is 271 g/mol. The van der Waals surface area contributed by atoms with Crippen molar-refractivity contribution in [1.82, 2.24) is 0 Å². The second-order valence-electron chi connectivity index (χ2n) is 4.14. The van der Waals surface area contributed by atoms with Crippen LogP contribution < -0.4 is 0 Å². The van der Waals surface area contributed by atoms with Gasteiger partial charge in [-0.1, -0.05) is 48.0 Å². The Hall–Kier alpha value is -1.34. The van der Waals surface area contributed by atoms with Gasteiger partial charge in [0.25, 0.3) is 0 Å². The Balaban J connectivity index is 2.55. The summed E-state index contributed by atoms with van der Waals surface area (Å²) in [6.07, 6.45) is 0. The van der Waals surface area contributed by atoms with Crippen LogP contribution in [0.4, 0.5) is 0 Å². The zero-order chi connectivity index (χ0) is 11.1. The van der Waals surface area contributed by atoms with Crippen LogP contribution in [0, 0.1) is 6.92 Å². The highest BCUT2D eigenvalue weighted by atomic mass is 79.9. The van der Waals surface area contributed by atoms with E-state index in [4.69, 9.17) is 0 Å². The summed E-state index contributed by atoms with van der Waals surface area (Å²) in [4.78, 5) is 0. The molecule has 3 aromatic carbocycles. The van der Waals surface area contributed by atoms with Crippen molar-refractivity contribution >= 4 is 37.5 Å². The fourth-order valence-electron chi connectivity index (χ4n) is 2.14. The average Bonchev–Trinajstić information content (AvgIpc) is 2.29. The third-order valence-corrected chi connectivity index (χ3v) is 3.81. The minimum atomic E-state index is 1.20. The van der Waals surface area contributed by atoms with E-state index in [1.165, 1.54) is 31.6 Å². The van der Waals surface area contributed by atoms with E-state index < -0.39 is 0 Å².